The van der Waals surface area contributed by atoms with Crippen LogP contribution in [0.3, 0.4) is 0 Å². The molecule has 1 aromatic carbocycles. The Kier molecular flexibility index (Phi) is 4.08. The summed E-state index contributed by atoms with van der Waals surface area (Å²) in [5.41, 5.74) is 2.78. The molecule has 2 N–H and O–H groups in total. The van der Waals surface area contributed by atoms with Crippen LogP contribution >= 0.6 is 12.4 Å². The molecule has 0 saturated carbocycles. The molecule has 0 atom stereocenters. The molecular weight excluding hydrogens is 232 g/mol. The maximum Gasteiger partial charge on any atom is 0.0456 e. The first-order chi connectivity index (χ1) is 7.93. The normalized spacial score (nSPS) is 16.9. The van der Waals surface area contributed by atoms with Crippen LogP contribution in [0.15, 0.2) is 30.5 Å². The maximum atomic E-state index is 3.43. The Morgan fingerprint density at radius 2 is 1.94 bits per heavy atom. The molecule has 0 radical (unpaired) electrons. The molecular formula is C14H19ClN2. The minimum Gasteiger partial charge on any atom is -0.361 e. The van der Waals surface area contributed by atoms with Crippen LogP contribution in [0, 0.1) is 5.92 Å². The van der Waals surface area contributed by atoms with E-state index >= 15 is 0 Å². The van der Waals surface area contributed by atoms with E-state index < -0.39 is 0 Å². The highest BCUT2D eigenvalue weighted by Gasteiger charge is 2.14. The molecule has 2 aromatic rings. The van der Waals surface area contributed by atoms with Crippen molar-refractivity contribution in [2.75, 3.05) is 13.1 Å². The monoisotopic (exact) mass is 250 g/mol. The predicted molar refractivity (Wildman–Crippen MR) is 74.8 cm³/mol. The summed E-state index contributed by atoms with van der Waals surface area (Å²) in [5.74, 6) is 0.863. The lowest BCUT2D eigenvalue weighted by Crippen LogP contribution is -2.28. The van der Waals surface area contributed by atoms with E-state index in [1.54, 1.807) is 0 Å². The molecule has 0 unspecified atom stereocenters. The van der Waals surface area contributed by atoms with Gasteiger partial charge < -0.3 is 10.3 Å². The van der Waals surface area contributed by atoms with Gasteiger partial charge in [-0.05, 0) is 56.0 Å². The Balaban J connectivity index is 0.00000108. The van der Waals surface area contributed by atoms with Gasteiger partial charge in [0.1, 0.15) is 0 Å². The zero-order chi connectivity index (χ0) is 10.8. The third-order valence-electron chi connectivity index (χ3n) is 3.65. The Morgan fingerprint density at radius 3 is 2.76 bits per heavy atom. The predicted octanol–water partition coefficient (Wildman–Crippen LogP) is 3.13. The lowest BCUT2D eigenvalue weighted by Gasteiger charge is -2.22. The number of fused-ring (bicyclic) bond motifs is 1. The lowest BCUT2D eigenvalue weighted by atomic mass is 9.90. The fraction of sp³-hybridized carbons (Fsp3) is 0.429. The average Bonchev–Trinajstić information content (AvgIpc) is 2.80. The van der Waals surface area contributed by atoms with Gasteiger partial charge in [0.2, 0.25) is 0 Å². The van der Waals surface area contributed by atoms with Crippen LogP contribution < -0.4 is 5.32 Å². The highest BCUT2D eigenvalue weighted by molar-refractivity contribution is 5.85. The van der Waals surface area contributed by atoms with E-state index in [0.717, 1.165) is 5.92 Å². The van der Waals surface area contributed by atoms with Gasteiger partial charge >= 0.3 is 0 Å². The van der Waals surface area contributed by atoms with Crippen LogP contribution in [-0.2, 0) is 6.42 Å². The first-order valence-corrected chi connectivity index (χ1v) is 6.19. The van der Waals surface area contributed by atoms with E-state index in [1.165, 1.54) is 48.8 Å². The minimum absolute atomic E-state index is 0. The molecule has 0 spiro atoms. The van der Waals surface area contributed by atoms with Gasteiger partial charge in [0.15, 0.2) is 0 Å². The third-order valence-corrected chi connectivity index (χ3v) is 3.65. The molecule has 3 rings (SSSR count). The van der Waals surface area contributed by atoms with Crippen molar-refractivity contribution in [3.05, 3.63) is 36.0 Å². The van der Waals surface area contributed by atoms with E-state index in [0.29, 0.717) is 0 Å². The number of hydrogen-bond donors (Lipinski definition) is 2. The second-order valence-electron chi connectivity index (χ2n) is 4.75. The van der Waals surface area contributed by atoms with Crippen molar-refractivity contribution in [3.63, 3.8) is 0 Å². The summed E-state index contributed by atoms with van der Waals surface area (Å²) in [6.45, 7) is 2.38. The van der Waals surface area contributed by atoms with Crippen molar-refractivity contribution in [2.24, 2.45) is 5.92 Å². The highest BCUT2D eigenvalue weighted by atomic mass is 35.5. The van der Waals surface area contributed by atoms with Crippen molar-refractivity contribution >= 4 is 23.3 Å². The zero-order valence-corrected chi connectivity index (χ0v) is 10.7. The first-order valence-electron chi connectivity index (χ1n) is 6.19. The highest BCUT2D eigenvalue weighted by Crippen LogP contribution is 2.23. The average molecular weight is 251 g/mol. The van der Waals surface area contributed by atoms with Gasteiger partial charge in [-0.25, -0.2) is 0 Å². The molecule has 0 bridgehead atoms. The lowest BCUT2D eigenvalue weighted by molar-refractivity contribution is 0.373. The van der Waals surface area contributed by atoms with E-state index in [9.17, 15) is 0 Å². The van der Waals surface area contributed by atoms with Crippen LogP contribution in [-0.4, -0.2) is 18.1 Å². The van der Waals surface area contributed by atoms with Crippen molar-refractivity contribution < 1.29 is 0 Å². The van der Waals surface area contributed by atoms with Crippen molar-refractivity contribution in [3.8, 4) is 0 Å². The number of benzene rings is 1. The minimum atomic E-state index is 0. The van der Waals surface area contributed by atoms with Gasteiger partial charge in [-0.1, -0.05) is 12.1 Å². The number of H-pyrrole nitrogens is 1. The second kappa shape index (κ2) is 5.56. The van der Waals surface area contributed by atoms with Gasteiger partial charge in [-0.15, -0.1) is 12.4 Å². The van der Waals surface area contributed by atoms with Crippen LogP contribution in [0.2, 0.25) is 0 Å². The molecule has 1 aromatic heterocycles. The maximum absolute atomic E-state index is 3.43. The number of hydrogen-bond acceptors (Lipinski definition) is 1. The van der Waals surface area contributed by atoms with E-state index in [1.807, 2.05) is 6.20 Å². The van der Waals surface area contributed by atoms with E-state index in [2.05, 4.69) is 34.6 Å². The largest absolute Gasteiger partial charge is 0.361 e. The number of rotatable bonds is 2. The third kappa shape index (κ3) is 2.64. The molecule has 1 aliphatic heterocycles. The van der Waals surface area contributed by atoms with Crippen molar-refractivity contribution in [1.29, 1.82) is 0 Å². The summed E-state index contributed by atoms with van der Waals surface area (Å²) in [7, 11) is 0. The molecule has 92 valence electrons. The molecule has 0 aliphatic carbocycles. The summed E-state index contributed by atoms with van der Waals surface area (Å²) < 4.78 is 0. The molecule has 1 saturated heterocycles. The molecule has 1 fully saturated rings. The molecule has 1 aliphatic rings. The van der Waals surface area contributed by atoms with Gasteiger partial charge in [0.25, 0.3) is 0 Å². The zero-order valence-electron chi connectivity index (χ0n) is 9.91. The quantitative estimate of drug-likeness (QED) is 0.842. The summed E-state index contributed by atoms with van der Waals surface area (Å²) in [6.07, 6.45) is 5.91. The summed E-state index contributed by atoms with van der Waals surface area (Å²) >= 11 is 0. The SMILES string of the molecule is Cl.c1cc(CC2CCNCC2)c2cc[nH]c2c1. The van der Waals surface area contributed by atoms with Crippen LogP contribution in [0.5, 0.6) is 0 Å². The number of halogens is 1. The van der Waals surface area contributed by atoms with Crippen LogP contribution in [0.25, 0.3) is 10.9 Å². The Bertz CT molecular complexity index is 472. The Hall–Kier alpha value is -0.990. The van der Waals surface area contributed by atoms with E-state index in [-0.39, 0.29) is 12.4 Å². The molecule has 17 heavy (non-hydrogen) atoms. The number of aromatic amines is 1. The van der Waals surface area contributed by atoms with Gasteiger partial charge in [-0.2, -0.15) is 0 Å². The number of nitrogens with one attached hydrogen (secondary N) is 2. The summed E-state index contributed by atoms with van der Waals surface area (Å²) in [5, 5.41) is 4.83. The molecule has 2 heterocycles. The van der Waals surface area contributed by atoms with Crippen LogP contribution in [0.1, 0.15) is 18.4 Å². The summed E-state index contributed by atoms with van der Waals surface area (Å²) in [4.78, 5) is 3.28. The standard InChI is InChI=1S/C14H18N2.ClH/c1-2-12(10-11-4-7-15-8-5-11)13-6-9-16-14(13)3-1;/h1-3,6,9,11,15-16H,4-5,7-8,10H2;1H. The topological polar surface area (TPSA) is 27.8 Å². The smallest absolute Gasteiger partial charge is 0.0456 e. The Morgan fingerprint density at radius 1 is 1.12 bits per heavy atom. The molecule has 2 nitrogen and oxygen atoms in total. The first kappa shape index (κ1) is 12.5. The van der Waals surface area contributed by atoms with Crippen molar-refractivity contribution in [2.45, 2.75) is 19.3 Å². The van der Waals surface area contributed by atoms with Crippen LogP contribution in [0.4, 0.5) is 0 Å². The van der Waals surface area contributed by atoms with E-state index in [4.69, 9.17) is 0 Å². The van der Waals surface area contributed by atoms with Crippen molar-refractivity contribution in [1.82, 2.24) is 10.3 Å². The second-order valence-corrected chi connectivity index (χ2v) is 4.75. The fourth-order valence-corrected chi connectivity index (χ4v) is 2.73. The fourth-order valence-electron chi connectivity index (χ4n) is 2.73. The summed E-state index contributed by atoms with van der Waals surface area (Å²) in [6, 6.07) is 8.79. The number of aromatic nitrogens is 1. The molecule has 0 amide bonds. The van der Waals surface area contributed by atoms with Gasteiger partial charge in [-0.3, -0.25) is 0 Å². The Labute approximate surface area is 108 Å². The molecule has 3 heteroatoms. The number of piperidine rings is 1. The van der Waals surface area contributed by atoms with Gasteiger partial charge in [0.05, 0.1) is 0 Å². The van der Waals surface area contributed by atoms with Gasteiger partial charge in [0, 0.05) is 17.1 Å².